The number of hydrogen-bond donors (Lipinski definition) is 1. The molecule has 1 fully saturated rings. The third-order valence-electron chi connectivity index (χ3n) is 5.32. The molecule has 1 aliphatic rings. The van der Waals surface area contributed by atoms with Crippen molar-refractivity contribution in [1.29, 1.82) is 0 Å². The lowest BCUT2D eigenvalue weighted by Crippen LogP contribution is -2.29. The van der Waals surface area contributed by atoms with Crippen LogP contribution in [-0.4, -0.2) is 33.8 Å². The fourth-order valence-electron chi connectivity index (χ4n) is 3.88. The molecule has 1 aliphatic heterocycles. The van der Waals surface area contributed by atoms with Crippen LogP contribution in [0.4, 0.5) is 0 Å². The molecule has 164 valence electrons. The highest BCUT2D eigenvalue weighted by Crippen LogP contribution is 2.43. The van der Waals surface area contributed by atoms with Gasteiger partial charge < -0.3 is 19.2 Å². The third kappa shape index (κ3) is 3.76. The highest BCUT2D eigenvalue weighted by atomic mass is 35.5. The summed E-state index contributed by atoms with van der Waals surface area (Å²) < 4.78 is 11.2. The highest BCUT2D eigenvalue weighted by molar-refractivity contribution is 6.46. The van der Waals surface area contributed by atoms with Gasteiger partial charge in [0.05, 0.1) is 23.3 Å². The minimum Gasteiger partial charge on any atom is -0.507 e. The summed E-state index contributed by atoms with van der Waals surface area (Å²) >= 11 is 6.30. The fourth-order valence-corrected chi connectivity index (χ4v) is 4.23. The molecule has 0 aliphatic carbocycles. The Morgan fingerprint density at radius 1 is 1.19 bits per heavy atom. The quantitative estimate of drug-likeness (QED) is 0.346. The molecule has 7 nitrogen and oxygen atoms in total. The highest BCUT2D eigenvalue weighted by Gasteiger charge is 2.47. The van der Waals surface area contributed by atoms with Gasteiger partial charge in [-0.3, -0.25) is 14.6 Å². The molecule has 2 aromatic heterocycles. The van der Waals surface area contributed by atoms with E-state index in [1.165, 1.54) is 12.0 Å². The molecule has 4 rings (SSSR count). The first-order valence-electron chi connectivity index (χ1n) is 9.90. The largest absolute Gasteiger partial charge is 0.507 e. The molecule has 8 heteroatoms. The van der Waals surface area contributed by atoms with Crippen LogP contribution in [0.25, 0.3) is 5.76 Å². The van der Waals surface area contributed by atoms with E-state index in [1.807, 2.05) is 0 Å². The number of ketones is 1. The average molecular weight is 453 g/mol. The maximum atomic E-state index is 13.1. The van der Waals surface area contributed by atoms with Crippen LogP contribution in [0.2, 0.25) is 5.02 Å². The van der Waals surface area contributed by atoms with Gasteiger partial charge in [0.25, 0.3) is 11.7 Å². The smallest absolute Gasteiger partial charge is 0.296 e. The summed E-state index contributed by atoms with van der Waals surface area (Å²) in [5.74, 6) is -0.720. The second-order valence-corrected chi connectivity index (χ2v) is 7.97. The molecule has 1 N–H and O–H groups in total. The lowest BCUT2D eigenvalue weighted by Gasteiger charge is -2.23. The Hall–Kier alpha value is -3.58. The number of hydrogen-bond acceptors (Lipinski definition) is 6. The number of aryl methyl sites for hydroxylation is 2. The zero-order chi connectivity index (χ0) is 23.0. The first kappa shape index (κ1) is 21.6. The van der Waals surface area contributed by atoms with Crippen LogP contribution in [0.3, 0.4) is 0 Å². The standard InChI is InChI=1S/C24H21ClN2O5/c1-13-10-16(23(31-3)17(25)11-13)21(28)19-20(18-5-4-14(2)32-18)27(24(30)22(19)29)12-15-6-8-26-9-7-15/h4-11,20,28H,12H2,1-3H3/b21-19+. The van der Waals surface area contributed by atoms with Gasteiger partial charge in [0, 0.05) is 18.9 Å². The van der Waals surface area contributed by atoms with Crippen molar-refractivity contribution in [3.05, 3.63) is 87.6 Å². The van der Waals surface area contributed by atoms with Gasteiger partial charge in [-0.05, 0) is 61.4 Å². The number of aliphatic hydroxyl groups is 1. The van der Waals surface area contributed by atoms with Gasteiger partial charge in [-0.25, -0.2) is 0 Å². The summed E-state index contributed by atoms with van der Waals surface area (Å²) in [5.41, 5.74) is 1.69. The van der Waals surface area contributed by atoms with Crippen LogP contribution < -0.4 is 4.74 Å². The van der Waals surface area contributed by atoms with E-state index >= 15 is 0 Å². The van der Waals surface area contributed by atoms with E-state index in [0.717, 1.165) is 11.1 Å². The number of aromatic nitrogens is 1. The van der Waals surface area contributed by atoms with Gasteiger partial charge in [-0.15, -0.1) is 0 Å². The van der Waals surface area contributed by atoms with Crippen molar-refractivity contribution in [2.24, 2.45) is 0 Å². The van der Waals surface area contributed by atoms with E-state index in [4.69, 9.17) is 20.8 Å². The maximum Gasteiger partial charge on any atom is 0.296 e. The second kappa shape index (κ2) is 8.51. The topological polar surface area (TPSA) is 92.9 Å². The number of nitrogens with zero attached hydrogens (tertiary/aromatic N) is 2. The number of halogens is 1. The van der Waals surface area contributed by atoms with Crippen LogP contribution in [0.1, 0.15) is 34.3 Å². The van der Waals surface area contributed by atoms with Crippen molar-refractivity contribution in [3.8, 4) is 5.75 Å². The number of aliphatic hydroxyl groups excluding tert-OH is 1. The predicted molar refractivity (Wildman–Crippen MR) is 118 cm³/mol. The molecule has 1 amide bonds. The summed E-state index contributed by atoms with van der Waals surface area (Å²) in [6, 6.07) is 9.37. The lowest BCUT2D eigenvalue weighted by atomic mass is 9.97. The number of rotatable bonds is 5. The fraction of sp³-hybridized carbons (Fsp3) is 0.208. The van der Waals surface area contributed by atoms with E-state index in [0.29, 0.717) is 11.5 Å². The number of ether oxygens (including phenoxy) is 1. The van der Waals surface area contributed by atoms with E-state index < -0.39 is 17.7 Å². The summed E-state index contributed by atoms with van der Waals surface area (Å²) in [6.45, 7) is 3.71. The summed E-state index contributed by atoms with van der Waals surface area (Å²) in [5, 5.41) is 11.6. The number of amides is 1. The molecule has 0 radical (unpaired) electrons. The average Bonchev–Trinajstić information content (AvgIpc) is 3.30. The molecule has 32 heavy (non-hydrogen) atoms. The SMILES string of the molecule is COc1c(Cl)cc(C)cc1/C(O)=C1\C(=O)C(=O)N(Cc2ccncc2)C1c1ccc(C)o1. The van der Waals surface area contributed by atoms with Gasteiger partial charge in [0.1, 0.15) is 29.1 Å². The number of likely N-dealkylation sites (tertiary alicyclic amines) is 1. The number of carbonyl (C=O) groups excluding carboxylic acids is 2. The molecule has 1 atom stereocenters. The molecule has 0 saturated carbocycles. The van der Waals surface area contributed by atoms with Crippen molar-refractivity contribution in [2.75, 3.05) is 7.11 Å². The molecule has 0 spiro atoms. The van der Waals surface area contributed by atoms with E-state index in [-0.39, 0.29) is 34.2 Å². The molecule has 0 bridgehead atoms. The Morgan fingerprint density at radius 2 is 1.91 bits per heavy atom. The van der Waals surface area contributed by atoms with Crippen molar-refractivity contribution < 1.29 is 23.8 Å². The van der Waals surface area contributed by atoms with Crippen molar-refractivity contribution in [3.63, 3.8) is 0 Å². The predicted octanol–water partition coefficient (Wildman–Crippen LogP) is 4.58. The lowest BCUT2D eigenvalue weighted by molar-refractivity contribution is -0.140. The van der Waals surface area contributed by atoms with E-state index in [1.54, 1.807) is 62.6 Å². The number of Topliss-reactive ketones (excluding diaryl/α,β-unsaturated/α-hetero) is 1. The minimum absolute atomic E-state index is 0.0848. The van der Waals surface area contributed by atoms with Crippen LogP contribution in [0, 0.1) is 13.8 Å². The Morgan fingerprint density at radius 3 is 2.53 bits per heavy atom. The monoisotopic (exact) mass is 452 g/mol. The van der Waals surface area contributed by atoms with Crippen molar-refractivity contribution >= 4 is 29.1 Å². The Balaban J connectivity index is 1.92. The number of furan rings is 1. The molecular weight excluding hydrogens is 432 g/mol. The zero-order valence-electron chi connectivity index (χ0n) is 17.8. The molecule has 1 saturated heterocycles. The number of methoxy groups -OCH3 is 1. The number of carbonyl (C=O) groups is 2. The van der Waals surface area contributed by atoms with Gasteiger partial charge in [0.15, 0.2) is 0 Å². The zero-order valence-corrected chi connectivity index (χ0v) is 18.5. The second-order valence-electron chi connectivity index (χ2n) is 7.56. The summed E-state index contributed by atoms with van der Waals surface area (Å²) in [4.78, 5) is 31.6. The van der Waals surface area contributed by atoms with E-state index in [2.05, 4.69) is 4.98 Å². The third-order valence-corrected chi connectivity index (χ3v) is 5.60. The first-order chi connectivity index (χ1) is 15.3. The molecule has 1 aromatic carbocycles. The summed E-state index contributed by atoms with van der Waals surface area (Å²) in [6.07, 6.45) is 3.22. The Kier molecular flexibility index (Phi) is 5.76. The van der Waals surface area contributed by atoms with Crippen LogP contribution >= 0.6 is 11.6 Å². The van der Waals surface area contributed by atoms with Gasteiger partial charge in [-0.2, -0.15) is 0 Å². The minimum atomic E-state index is -0.916. The normalized spacial score (nSPS) is 17.8. The molecular formula is C24H21ClN2O5. The van der Waals surface area contributed by atoms with Crippen LogP contribution in [0.15, 0.2) is 58.8 Å². The van der Waals surface area contributed by atoms with Gasteiger partial charge in [-0.1, -0.05) is 11.6 Å². The van der Waals surface area contributed by atoms with Crippen molar-refractivity contribution in [1.82, 2.24) is 9.88 Å². The summed E-state index contributed by atoms with van der Waals surface area (Å²) in [7, 11) is 1.42. The van der Waals surface area contributed by atoms with Crippen LogP contribution in [0.5, 0.6) is 5.75 Å². The Labute approximate surface area is 189 Å². The molecule has 3 aromatic rings. The Bertz CT molecular complexity index is 1230. The van der Waals surface area contributed by atoms with Crippen molar-refractivity contribution in [2.45, 2.75) is 26.4 Å². The molecule has 1 unspecified atom stereocenters. The first-order valence-corrected chi connectivity index (χ1v) is 10.3. The maximum absolute atomic E-state index is 13.1. The number of pyridine rings is 1. The van der Waals surface area contributed by atoms with E-state index in [9.17, 15) is 14.7 Å². The van der Waals surface area contributed by atoms with Gasteiger partial charge >= 0.3 is 0 Å². The van der Waals surface area contributed by atoms with Crippen LogP contribution in [-0.2, 0) is 16.1 Å². The number of benzene rings is 1. The van der Waals surface area contributed by atoms with Gasteiger partial charge in [0.2, 0.25) is 0 Å². The molecule has 3 heterocycles.